The van der Waals surface area contributed by atoms with Crippen LogP contribution in [0.5, 0.6) is 0 Å². The van der Waals surface area contributed by atoms with E-state index in [1.165, 1.54) is 19.3 Å². The average Bonchev–Trinajstić information content (AvgIpc) is 2.68. The summed E-state index contributed by atoms with van der Waals surface area (Å²) in [5, 5.41) is 8.82. The van der Waals surface area contributed by atoms with Crippen LogP contribution in [-0.4, -0.2) is 11.1 Å². The molecular weight excluding hydrogens is 176 g/mol. The third-order valence-corrected chi connectivity index (χ3v) is 4.58. The van der Waals surface area contributed by atoms with Gasteiger partial charge in [0.15, 0.2) is 0 Å². The summed E-state index contributed by atoms with van der Waals surface area (Å²) >= 11 is 0. The molecule has 0 unspecified atom stereocenters. The predicted molar refractivity (Wildman–Crippen MR) is 52.7 cm³/mol. The summed E-state index contributed by atoms with van der Waals surface area (Å²) in [5.41, 5.74) is 0. The molecule has 0 aromatic carbocycles. The van der Waals surface area contributed by atoms with E-state index in [0.29, 0.717) is 18.3 Å². The molecule has 3 rings (SSSR count). The zero-order valence-electron chi connectivity index (χ0n) is 8.23. The van der Waals surface area contributed by atoms with Crippen LogP contribution in [-0.2, 0) is 4.79 Å². The molecule has 14 heavy (non-hydrogen) atoms. The fourth-order valence-corrected chi connectivity index (χ4v) is 4.14. The molecule has 0 aliphatic heterocycles. The lowest BCUT2D eigenvalue weighted by atomic mass is 9.74. The molecule has 76 valence electrons. The molecule has 0 radical (unpaired) electrons. The number of hydrogen-bond donors (Lipinski definition) is 1. The summed E-state index contributed by atoms with van der Waals surface area (Å²) in [4.78, 5) is 10.7. The summed E-state index contributed by atoms with van der Waals surface area (Å²) in [6, 6.07) is 0. The molecule has 3 aliphatic rings. The summed E-state index contributed by atoms with van der Waals surface area (Å²) in [6.07, 6.45) is 8.79. The van der Waals surface area contributed by atoms with Crippen LogP contribution in [0.1, 0.15) is 25.7 Å². The molecule has 0 saturated heterocycles. The topological polar surface area (TPSA) is 37.3 Å². The van der Waals surface area contributed by atoms with Crippen molar-refractivity contribution in [2.75, 3.05) is 0 Å². The Morgan fingerprint density at radius 1 is 1.36 bits per heavy atom. The standard InChI is InChI=1S/C12H16O2/c13-12(14)6-8-4-7-5-11(8)10-3-1-2-9(7)10/h1,3,7-11H,2,4-6H2,(H,13,14)/t7-,8-,9-,10-,11+/m0/s1. The van der Waals surface area contributed by atoms with Crippen LogP contribution >= 0.6 is 0 Å². The van der Waals surface area contributed by atoms with E-state index in [-0.39, 0.29) is 0 Å². The van der Waals surface area contributed by atoms with Crippen LogP contribution in [0, 0.1) is 29.6 Å². The van der Waals surface area contributed by atoms with Gasteiger partial charge in [0, 0.05) is 6.42 Å². The Bertz CT molecular complexity index is 295. The molecule has 2 nitrogen and oxygen atoms in total. The molecule has 2 fully saturated rings. The zero-order chi connectivity index (χ0) is 9.71. The predicted octanol–water partition coefficient (Wildman–Crippen LogP) is 2.31. The normalized spacial score (nSPS) is 48.4. The summed E-state index contributed by atoms with van der Waals surface area (Å²) in [5.74, 6) is 3.01. The largest absolute Gasteiger partial charge is 0.481 e. The first kappa shape index (κ1) is 8.51. The van der Waals surface area contributed by atoms with Gasteiger partial charge < -0.3 is 5.11 Å². The minimum Gasteiger partial charge on any atom is -0.481 e. The second-order valence-corrected chi connectivity index (χ2v) is 5.16. The van der Waals surface area contributed by atoms with Crippen molar-refractivity contribution in [2.24, 2.45) is 29.6 Å². The van der Waals surface area contributed by atoms with E-state index in [0.717, 1.165) is 17.8 Å². The van der Waals surface area contributed by atoms with Crippen LogP contribution in [0.15, 0.2) is 12.2 Å². The lowest BCUT2D eigenvalue weighted by Crippen LogP contribution is -2.25. The van der Waals surface area contributed by atoms with Gasteiger partial charge >= 0.3 is 5.97 Å². The number of carbonyl (C=O) groups is 1. The van der Waals surface area contributed by atoms with Gasteiger partial charge in [-0.1, -0.05) is 12.2 Å². The second-order valence-electron chi connectivity index (χ2n) is 5.16. The monoisotopic (exact) mass is 192 g/mol. The molecule has 0 heterocycles. The third kappa shape index (κ3) is 1.06. The van der Waals surface area contributed by atoms with Gasteiger partial charge in [-0.2, -0.15) is 0 Å². The number of allylic oxidation sites excluding steroid dienone is 2. The molecule has 1 N–H and O–H groups in total. The highest BCUT2D eigenvalue weighted by atomic mass is 16.4. The third-order valence-electron chi connectivity index (χ3n) is 4.58. The van der Waals surface area contributed by atoms with E-state index in [1.54, 1.807) is 0 Å². The smallest absolute Gasteiger partial charge is 0.303 e. The van der Waals surface area contributed by atoms with E-state index < -0.39 is 5.97 Å². The average molecular weight is 192 g/mol. The van der Waals surface area contributed by atoms with Gasteiger partial charge in [0.2, 0.25) is 0 Å². The van der Waals surface area contributed by atoms with Crippen molar-refractivity contribution in [1.82, 2.24) is 0 Å². The van der Waals surface area contributed by atoms with Gasteiger partial charge in [-0.3, -0.25) is 4.79 Å². The van der Waals surface area contributed by atoms with Crippen LogP contribution < -0.4 is 0 Å². The van der Waals surface area contributed by atoms with Crippen molar-refractivity contribution in [2.45, 2.75) is 25.7 Å². The van der Waals surface area contributed by atoms with Gasteiger partial charge in [-0.05, 0) is 48.9 Å². The summed E-state index contributed by atoms with van der Waals surface area (Å²) in [6.45, 7) is 0. The molecule has 0 amide bonds. The van der Waals surface area contributed by atoms with Gasteiger partial charge in [0.05, 0.1) is 0 Å². The van der Waals surface area contributed by atoms with Crippen LogP contribution in [0.3, 0.4) is 0 Å². The SMILES string of the molecule is O=C(O)C[C@@H]1C[C@H]2C[C@H]1[C@H]1C=CC[C@@H]21. The van der Waals surface area contributed by atoms with Gasteiger partial charge in [-0.25, -0.2) is 0 Å². The molecule has 2 saturated carbocycles. The van der Waals surface area contributed by atoms with Crippen molar-refractivity contribution in [3.63, 3.8) is 0 Å². The number of carboxylic acid groups (broad SMARTS) is 1. The molecule has 0 aromatic heterocycles. The number of carboxylic acids is 1. The Labute approximate surface area is 84.0 Å². The van der Waals surface area contributed by atoms with Crippen molar-refractivity contribution in [3.05, 3.63) is 12.2 Å². The highest BCUT2D eigenvalue weighted by molar-refractivity contribution is 5.67. The molecule has 2 bridgehead atoms. The first-order chi connectivity index (χ1) is 6.75. The minimum atomic E-state index is -0.610. The molecule has 2 heteroatoms. The van der Waals surface area contributed by atoms with Crippen molar-refractivity contribution in [3.8, 4) is 0 Å². The molecule has 0 aromatic rings. The maximum atomic E-state index is 10.7. The van der Waals surface area contributed by atoms with Crippen molar-refractivity contribution in [1.29, 1.82) is 0 Å². The number of aliphatic carboxylic acids is 1. The summed E-state index contributed by atoms with van der Waals surface area (Å²) < 4.78 is 0. The molecule has 0 spiro atoms. The maximum Gasteiger partial charge on any atom is 0.303 e. The number of hydrogen-bond acceptors (Lipinski definition) is 1. The zero-order valence-corrected chi connectivity index (χ0v) is 8.23. The number of rotatable bonds is 2. The Hall–Kier alpha value is -0.790. The van der Waals surface area contributed by atoms with Crippen LogP contribution in [0.2, 0.25) is 0 Å². The first-order valence-electron chi connectivity index (χ1n) is 5.64. The minimum absolute atomic E-state index is 0.401. The van der Waals surface area contributed by atoms with Gasteiger partial charge in [-0.15, -0.1) is 0 Å². The highest BCUT2D eigenvalue weighted by Crippen LogP contribution is 2.59. The molecule has 3 aliphatic carbocycles. The van der Waals surface area contributed by atoms with Gasteiger partial charge in [0.25, 0.3) is 0 Å². The van der Waals surface area contributed by atoms with Crippen molar-refractivity contribution >= 4 is 5.97 Å². The fraction of sp³-hybridized carbons (Fsp3) is 0.750. The lowest BCUT2D eigenvalue weighted by molar-refractivity contribution is -0.138. The quantitative estimate of drug-likeness (QED) is 0.682. The van der Waals surface area contributed by atoms with Crippen LogP contribution in [0.25, 0.3) is 0 Å². The summed E-state index contributed by atoms with van der Waals surface area (Å²) in [7, 11) is 0. The Balaban J connectivity index is 1.76. The van der Waals surface area contributed by atoms with Gasteiger partial charge in [0.1, 0.15) is 0 Å². The second kappa shape index (κ2) is 2.85. The van der Waals surface area contributed by atoms with E-state index in [2.05, 4.69) is 12.2 Å². The highest BCUT2D eigenvalue weighted by Gasteiger charge is 2.52. The Kier molecular flexibility index (Phi) is 1.73. The lowest BCUT2D eigenvalue weighted by Gasteiger charge is -2.30. The van der Waals surface area contributed by atoms with E-state index >= 15 is 0 Å². The van der Waals surface area contributed by atoms with E-state index in [9.17, 15) is 4.79 Å². The Morgan fingerprint density at radius 3 is 3.00 bits per heavy atom. The maximum absolute atomic E-state index is 10.7. The fourth-order valence-electron chi connectivity index (χ4n) is 4.14. The van der Waals surface area contributed by atoms with Crippen molar-refractivity contribution < 1.29 is 9.90 Å². The Morgan fingerprint density at radius 2 is 2.21 bits per heavy atom. The van der Waals surface area contributed by atoms with E-state index in [4.69, 9.17) is 5.11 Å². The molecular formula is C12H16O2. The van der Waals surface area contributed by atoms with E-state index in [1.807, 2.05) is 0 Å². The van der Waals surface area contributed by atoms with Crippen LogP contribution in [0.4, 0.5) is 0 Å². The molecule has 5 atom stereocenters. The first-order valence-corrected chi connectivity index (χ1v) is 5.64. The number of fused-ring (bicyclic) bond motifs is 5.